The van der Waals surface area contributed by atoms with Crippen molar-refractivity contribution in [2.75, 3.05) is 18.4 Å². The maximum Gasteiger partial charge on any atom is 0.321 e. The van der Waals surface area contributed by atoms with Crippen LogP contribution in [-0.2, 0) is 11.2 Å². The molecule has 2 rings (SSSR count). The average molecular weight is 292 g/mol. The van der Waals surface area contributed by atoms with Gasteiger partial charge in [-0.05, 0) is 24.1 Å². The van der Waals surface area contributed by atoms with Crippen molar-refractivity contribution in [2.45, 2.75) is 27.2 Å². The summed E-state index contributed by atoms with van der Waals surface area (Å²) in [6.45, 7) is 6.35. The third kappa shape index (κ3) is 3.40. The molecule has 21 heavy (non-hydrogen) atoms. The molecule has 114 valence electrons. The molecule has 1 aliphatic rings. The molecule has 2 amide bonds. The third-order valence-corrected chi connectivity index (χ3v) is 3.93. The first-order valence-corrected chi connectivity index (χ1v) is 7.30. The van der Waals surface area contributed by atoms with E-state index in [9.17, 15) is 14.0 Å². The molecular weight excluding hydrogens is 271 g/mol. The Morgan fingerprint density at radius 3 is 2.48 bits per heavy atom. The lowest BCUT2D eigenvalue weighted by Gasteiger charge is -2.33. The predicted molar refractivity (Wildman–Crippen MR) is 79.7 cm³/mol. The molecule has 0 radical (unpaired) electrons. The number of nitrogens with zero attached hydrogens (tertiary/aromatic N) is 1. The van der Waals surface area contributed by atoms with Gasteiger partial charge in [0, 0.05) is 30.6 Å². The smallest absolute Gasteiger partial charge is 0.321 e. The number of anilines is 1. The van der Waals surface area contributed by atoms with Crippen LogP contribution in [0.3, 0.4) is 0 Å². The Balaban J connectivity index is 2.04. The zero-order valence-electron chi connectivity index (χ0n) is 12.6. The monoisotopic (exact) mass is 292 g/mol. The number of piperidine rings is 1. The molecule has 0 aromatic heterocycles. The van der Waals surface area contributed by atoms with Gasteiger partial charge in [0.15, 0.2) is 0 Å². The van der Waals surface area contributed by atoms with E-state index in [1.54, 1.807) is 17.0 Å². The molecule has 1 saturated heterocycles. The van der Waals surface area contributed by atoms with Crippen molar-refractivity contribution >= 4 is 17.5 Å². The first-order chi connectivity index (χ1) is 9.92. The zero-order valence-corrected chi connectivity index (χ0v) is 12.6. The molecule has 0 bridgehead atoms. The number of halogens is 1. The Hall–Kier alpha value is -1.91. The number of nitrogens with one attached hydrogen (secondary N) is 1. The van der Waals surface area contributed by atoms with Crippen molar-refractivity contribution in [3.8, 4) is 0 Å². The molecule has 1 aliphatic heterocycles. The topological polar surface area (TPSA) is 49.4 Å². The first kappa shape index (κ1) is 15.5. The number of likely N-dealkylation sites (tertiary alicyclic amines) is 1. The summed E-state index contributed by atoms with van der Waals surface area (Å²) in [4.78, 5) is 25.6. The van der Waals surface area contributed by atoms with E-state index < -0.39 is 0 Å². The molecule has 1 aromatic carbocycles. The fraction of sp³-hybridized carbons (Fsp3) is 0.500. The van der Waals surface area contributed by atoms with Gasteiger partial charge in [-0.3, -0.25) is 4.79 Å². The normalized spacial score (nSPS) is 22.3. The molecule has 0 spiro atoms. The van der Waals surface area contributed by atoms with Crippen molar-refractivity contribution in [1.82, 2.24) is 4.90 Å². The van der Waals surface area contributed by atoms with Crippen LogP contribution in [0.15, 0.2) is 18.2 Å². The second-order valence-electron chi connectivity index (χ2n) is 5.70. The number of rotatable bonds is 2. The van der Waals surface area contributed by atoms with Crippen LogP contribution in [0.25, 0.3) is 0 Å². The van der Waals surface area contributed by atoms with Crippen molar-refractivity contribution in [3.63, 3.8) is 0 Å². The highest BCUT2D eigenvalue weighted by Gasteiger charge is 2.32. The largest absolute Gasteiger partial charge is 0.323 e. The van der Waals surface area contributed by atoms with E-state index in [-0.39, 0.29) is 29.5 Å². The van der Waals surface area contributed by atoms with E-state index in [4.69, 9.17) is 0 Å². The fourth-order valence-corrected chi connectivity index (χ4v) is 2.68. The number of ketones is 1. The zero-order chi connectivity index (χ0) is 15.6. The molecule has 1 aromatic rings. The lowest BCUT2D eigenvalue weighted by Crippen LogP contribution is -2.49. The highest BCUT2D eigenvalue weighted by atomic mass is 19.1. The molecular formula is C16H21FN2O2. The number of Topliss-reactive ketones (excluding diaryl/α,β-unsaturated/α-hetero) is 1. The van der Waals surface area contributed by atoms with Crippen LogP contribution in [-0.4, -0.2) is 29.8 Å². The van der Waals surface area contributed by atoms with E-state index in [1.807, 2.05) is 20.8 Å². The maximum atomic E-state index is 13.7. The van der Waals surface area contributed by atoms with E-state index in [0.29, 0.717) is 30.8 Å². The number of hydrogen-bond acceptors (Lipinski definition) is 2. The number of carbonyl (C=O) groups excluding carboxylic acids is 2. The quantitative estimate of drug-likeness (QED) is 0.910. The fourth-order valence-electron chi connectivity index (χ4n) is 2.68. The molecule has 0 saturated carbocycles. The number of hydrogen-bond donors (Lipinski definition) is 1. The first-order valence-electron chi connectivity index (χ1n) is 7.30. The molecule has 4 nitrogen and oxygen atoms in total. The van der Waals surface area contributed by atoms with Gasteiger partial charge in [-0.1, -0.05) is 26.8 Å². The van der Waals surface area contributed by atoms with Crippen molar-refractivity contribution in [2.24, 2.45) is 11.8 Å². The van der Waals surface area contributed by atoms with Crippen LogP contribution >= 0.6 is 0 Å². The number of amides is 2. The Bertz CT molecular complexity index is 545. The van der Waals surface area contributed by atoms with E-state index in [2.05, 4.69) is 5.32 Å². The van der Waals surface area contributed by atoms with E-state index >= 15 is 0 Å². The van der Waals surface area contributed by atoms with E-state index in [0.717, 1.165) is 0 Å². The summed E-state index contributed by atoms with van der Waals surface area (Å²) < 4.78 is 13.7. The minimum Gasteiger partial charge on any atom is -0.323 e. The van der Waals surface area contributed by atoms with Crippen molar-refractivity contribution < 1.29 is 14.0 Å². The van der Waals surface area contributed by atoms with Crippen LogP contribution in [0.5, 0.6) is 0 Å². The SMILES string of the molecule is CCc1ccc(NC(=O)N2C[C@@H](C)C(=O)[C@H](C)C2)cc1F. The summed E-state index contributed by atoms with van der Waals surface area (Å²) in [6, 6.07) is 4.42. The highest BCUT2D eigenvalue weighted by molar-refractivity contribution is 5.92. The highest BCUT2D eigenvalue weighted by Crippen LogP contribution is 2.20. The Morgan fingerprint density at radius 1 is 1.33 bits per heavy atom. The molecule has 0 aliphatic carbocycles. The van der Waals surface area contributed by atoms with Gasteiger partial charge in [-0.2, -0.15) is 0 Å². The summed E-state index contributed by atoms with van der Waals surface area (Å²) >= 11 is 0. The second-order valence-corrected chi connectivity index (χ2v) is 5.70. The average Bonchev–Trinajstić information content (AvgIpc) is 2.44. The molecule has 1 fully saturated rings. The van der Waals surface area contributed by atoms with Crippen LogP contribution in [0.1, 0.15) is 26.3 Å². The van der Waals surface area contributed by atoms with Gasteiger partial charge in [0.25, 0.3) is 0 Å². The van der Waals surface area contributed by atoms with Gasteiger partial charge >= 0.3 is 6.03 Å². The van der Waals surface area contributed by atoms with Gasteiger partial charge in [0.1, 0.15) is 11.6 Å². The van der Waals surface area contributed by atoms with Gasteiger partial charge in [0.05, 0.1) is 0 Å². The Labute approximate surface area is 124 Å². The summed E-state index contributed by atoms with van der Waals surface area (Å²) in [6.07, 6.45) is 0.614. The Morgan fingerprint density at radius 2 is 1.95 bits per heavy atom. The Kier molecular flexibility index (Phi) is 4.60. The van der Waals surface area contributed by atoms with Gasteiger partial charge in [-0.15, -0.1) is 0 Å². The van der Waals surface area contributed by atoms with Gasteiger partial charge in [-0.25, -0.2) is 9.18 Å². The predicted octanol–water partition coefficient (Wildman–Crippen LogP) is 3.08. The number of benzene rings is 1. The van der Waals surface area contributed by atoms with Crippen LogP contribution < -0.4 is 5.32 Å². The number of carbonyl (C=O) groups is 2. The summed E-state index contributed by atoms with van der Waals surface area (Å²) in [7, 11) is 0. The van der Waals surface area contributed by atoms with Crippen molar-refractivity contribution in [3.05, 3.63) is 29.6 Å². The van der Waals surface area contributed by atoms with Gasteiger partial charge < -0.3 is 10.2 Å². The maximum absolute atomic E-state index is 13.7. The number of aryl methyl sites for hydroxylation is 1. The second kappa shape index (κ2) is 6.24. The van der Waals surface area contributed by atoms with Crippen LogP contribution in [0.2, 0.25) is 0 Å². The minimum atomic E-state index is -0.314. The molecule has 1 heterocycles. The number of urea groups is 1. The molecule has 1 N–H and O–H groups in total. The van der Waals surface area contributed by atoms with Crippen LogP contribution in [0.4, 0.5) is 14.9 Å². The molecule has 5 heteroatoms. The van der Waals surface area contributed by atoms with Gasteiger partial charge in [0.2, 0.25) is 0 Å². The summed E-state index contributed by atoms with van der Waals surface area (Å²) in [5.74, 6) is -0.430. The lowest BCUT2D eigenvalue weighted by molar-refractivity contribution is -0.128. The lowest BCUT2D eigenvalue weighted by atomic mass is 9.90. The molecule has 0 unspecified atom stereocenters. The van der Waals surface area contributed by atoms with Crippen molar-refractivity contribution in [1.29, 1.82) is 0 Å². The summed E-state index contributed by atoms with van der Waals surface area (Å²) in [5, 5.41) is 2.70. The summed E-state index contributed by atoms with van der Waals surface area (Å²) in [5.41, 5.74) is 1.06. The minimum absolute atomic E-state index is 0.154. The van der Waals surface area contributed by atoms with E-state index in [1.165, 1.54) is 6.07 Å². The standard InChI is InChI=1S/C16H21FN2O2/c1-4-12-5-6-13(7-14(12)17)18-16(21)19-8-10(2)15(20)11(3)9-19/h5-7,10-11H,4,8-9H2,1-3H3,(H,18,21)/t10-,11-/m1/s1. The third-order valence-electron chi connectivity index (χ3n) is 3.93. The van der Waals surface area contributed by atoms with Crippen LogP contribution in [0, 0.1) is 17.7 Å². The molecule has 2 atom stereocenters.